The zero-order valence-corrected chi connectivity index (χ0v) is 12.6. The van der Waals surface area contributed by atoms with E-state index in [1.54, 1.807) is 6.07 Å². The van der Waals surface area contributed by atoms with Crippen molar-refractivity contribution in [2.75, 3.05) is 5.32 Å². The van der Waals surface area contributed by atoms with Gasteiger partial charge in [-0.2, -0.15) is 0 Å². The first-order valence-electron chi connectivity index (χ1n) is 6.37. The molecule has 0 aromatic heterocycles. The van der Waals surface area contributed by atoms with Crippen molar-refractivity contribution in [3.8, 4) is 0 Å². The third kappa shape index (κ3) is 3.25. The van der Waals surface area contributed by atoms with Crippen LogP contribution in [0.2, 0.25) is 0 Å². The predicted octanol–water partition coefficient (Wildman–Crippen LogP) is 3.33. The van der Waals surface area contributed by atoms with Crippen molar-refractivity contribution >= 4 is 28.8 Å². The van der Waals surface area contributed by atoms with Crippen LogP contribution in [0.1, 0.15) is 27.0 Å². The van der Waals surface area contributed by atoms with Crippen LogP contribution in [0.3, 0.4) is 0 Å². The first-order valence-corrected chi connectivity index (χ1v) is 6.78. The minimum absolute atomic E-state index is 0.0460. The van der Waals surface area contributed by atoms with Crippen molar-refractivity contribution in [2.45, 2.75) is 13.8 Å². The molecule has 0 unspecified atom stereocenters. The molecule has 5 heteroatoms. The van der Waals surface area contributed by atoms with Crippen LogP contribution in [0, 0.1) is 19.7 Å². The number of nitrogens with one attached hydrogen (secondary N) is 1. The second kappa shape index (κ2) is 6.01. The van der Waals surface area contributed by atoms with Crippen LogP contribution in [0.5, 0.6) is 0 Å². The number of hydrogen-bond donors (Lipinski definition) is 2. The van der Waals surface area contributed by atoms with Gasteiger partial charge in [-0.1, -0.05) is 24.4 Å². The van der Waals surface area contributed by atoms with Gasteiger partial charge in [0.1, 0.15) is 10.8 Å². The lowest BCUT2D eigenvalue weighted by molar-refractivity contribution is 0.102. The van der Waals surface area contributed by atoms with Crippen LogP contribution in [0.25, 0.3) is 0 Å². The minimum Gasteiger partial charge on any atom is -0.389 e. The van der Waals surface area contributed by atoms with Gasteiger partial charge < -0.3 is 11.1 Å². The molecular formula is C16H15FN2OS. The van der Waals surface area contributed by atoms with E-state index < -0.39 is 5.82 Å². The summed E-state index contributed by atoms with van der Waals surface area (Å²) < 4.78 is 13.5. The van der Waals surface area contributed by atoms with Crippen LogP contribution in [0.15, 0.2) is 36.4 Å². The topological polar surface area (TPSA) is 55.1 Å². The summed E-state index contributed by atoms with van der Waals surface area (Å²) in [4.78, 5) is 12.2. The van der Waals surface area contributed by atoms with Crippen molar-refractivity contribution in [1.82, 2.24) is 0 Å². The van der Waals surface area contributed by atoms with Gasteiger partial charge in [0.05, 0.1) is 0 Å². The van der Waals surface area contributed by atoms with Crippen LogP contribution < -0.4 is 11.1 Å². The molecule has 0 atom stereocenters. The van der Waals surface area contributed by atoms with E-state index in [0.717, 1.165) is 11.1 Å². The zero-order chi connectivity index (χ0) is 15.6. The van der Waals surface area contributed by atoms with Gasteiger partial charge in [-0.05, 0) is 49.2 Å². The van der Waals surface area contributed by atoms with Crippen molar-refractivity contribution < 1.29 is 9.18 Å². The average Bonchev–Trinajstić information content (AvgIpc) is 2.43. The monoisotopic (exact) mass is 302 g/mol. The van der Waals surface area contributed by atoms with E-state index in [1.165, 1.54) is 18.2 Å². The van der Waals surface area contributed by atoms with Crippen molar-refractivity contribution in [3.05, 3.63) is 64.5 Å². The summed E-state index contributed by atoms with van der Waals surface area (Å²) in [6.45, 7) is 3.82. The Morgan fingerprint density at radius 1 is 1.19 bits per heavy atom. The van der Waals surface area contributed by atoms with Gasteiger partial charge in [-0.3, -0.25) is 4.79 Å². The quantitative estimate of drug-likeness (QED) is 0.855. The van der Waals surface area contributed by atoms with Gasteiger partial charge in [0.25, 0.3) is 5.91 Å². The molecule has 2 aromatic carbocycles. The lowest BCUT2D eigenvalue weighted by Crippen LogP contribution is -2.16. The fourth-order valence-electron chi connectivity index (χ4n) is 1.99. The average molecular weight is 302 g/mol. The number of thiocarbonyl (C=S) groups is 1. The summed E-state index contributed by atoms with van der Waals surface area (Å²) in [6, 6.07) is 9.64. The highest BCUT2D eigenvalue weighted by Gasteiger charge is 2.12. The van der Waals surface area contributed by atoms with E-state index in [2.05, 4.69) is 5.32 Å². The first kappa shape index (κ1) is 15.1. The van der Waals surface area contributed by atoms with Gasteiger partial charge in [0.2, 0.25) is 0 Å². The Labute approximate surface area is 128 Å². The third-order valence-corrected chi connectivity index (χ3v) is 3.56. The van der Waals surface area contributed by atoms with Crippen LogP contribution in [-0.2, 0) is 0 Å². The minimum atomic E-state index is -0.507. The Hall–Kier alpha value is -2.27. The molecule has 21 heavy (non-hydrogen) atoms. The highest BCUT2D eigenvalue weighted by atomic mass is 32.1. The fourth-order valence-corrected chi connectivity index (χ4v) is 2.14. The molecule has 0 heterocycles. The number of anilines is 1. The molecule has 0 aliphatic heterocycles. The number of carbonyl (C=O) groups is 1. The maximum Gasteiger partial charge on any atom is 0.255 e. The first-order chi connectivity index (χ1) is 9.90. The number of carbonyl (C=O) groups excluding carboxylic acids is 1. The highest BCUT2D eigenvalue weighted by molar-refractivity contribution is 7.80. The Morgan fingerprint density at radius 3 is 2.57 bits per heavy atom. The van der Waals surface area contributed by atoms with Crippen molar-refractivity contribution in [1.29, 1.82) is 0 Å². The highest BCUT2D eigenvalue weighted by Crippen LogP contribution is 2.18. The third-order valence-electron chi connectivity index (χ3n) is 3.34. The summed E-state index contributed by atoms with van der Waals surface area (Å²) in [5, 5.41) is 2.73. The maximum absolute atomic E-state index is 13.5. The summed E-state index contributed by atoms with van der Waals surface area (Å²) in [5.41, 5.74) is 8.53. The van der Waals surface area contributed by atoms with E-state index in [4.69, 9.17) is 18.0 Å². The van der Waals surface area contributed by atoms with E-state index in [-0.39, 0.29) is 16.5 Å². The number of nitrogens with two attached hydrogens (primary N) is 1. The van der Waals surface area contributed by atoms with E-state index in [1.807, 2.05) is 26.0 Å². The van der Waals surface area contributed by atoms with Gasteiger partial charge in [0, 0.05) is 16.8 Å². The van der Waals surface area contributed by atoms with Gasteiger partial charge in [0.15, 0.2) is 0 Å². The van der Waals surface area contributed by atoms with Crippen molar-refractivity contribution in [3.63, 3.8) is 0 Å². The standard InChI is InChI=1S/C16H15FN2OS/c1-9-4-3-5-12(10(9)2)16(20)19-11-6-7-14(17)13(8-11)15(18)21/h3-8H,1-2H3,(H2,18,21)(H,19,20). The SMILES string of the molecule is Cc1cccc(C(=O)Nc2ccc(F)c(C(N)=S)c2)c1C. The number of amides is 1. The molecule has 0 saturated carbocycles. The summed E-state index contributed by atoms with van der Waals surface area (Å²) >= 11 is 4.78. The van der Waals surface area contributed by atoms with Crippen molar-refractivity contribution in [2.24, 2.45) is 5.73 Å². The smallest absolute Gasteiger partial charge is 0.255 e. The summed E-state index contributed by atoms with van der Waals surface area (Å²) in [5.74, 6) is -0.760. The lowest BCUT2D eigenvalue weighted by atomic mass is 10.0. The molecule has 2 aromatic rings. The van der Waals surface area contributed by atoms with E-state index in [9.17, 15) is 9.18 Å². The summed E-state index contributed by atoms with van der Waals surface area (Å²) in [7, 11) is 0. The largest absolute Gasteiger partial charge is 0.389 e. The lowest BCUT2D eigenvalue weighted by Gasteiger charge is -2.10. The van der Waals surface area contributed by atoms with Crippen LogP contribution >= 0.6 is 12.2 Å². The molecule has 0 bridgehead atoms. The molecule has 0 spiro atoms. The molecule has 0 aliphatic rings. The summed E-state index contributed by atoms with van der Waals surface area (Å²) in [6.07, 6.45) is 0. The molecule has 0 saturated heterocycles. The zero-order valence-electron chi connectivity index (χ0n) is 11.7. The second-order valence-corrected chi connectivity index (χ2v) is 5.20. The van der Waals surface area contributed by atoms with Gasteiger partial charge in [-0.15, -0.1) is 0 Å². The molecule has 3 N–H and O–H groups in total. The normalized spacial score (nSPS) is 10.2. The fraction of sp³-hybridized carbons (Fsp3) is 0.125. The predicted molar refractivity (Wildman–Crippen MR) is 86.2 cm³/mol. The molecule has 0 fully saturated rings. The second-order valence-electron chi connectivity index (χ2n) is 4.76. The molecule has 0 radical (unpaired) electrons. The molecule has 2 rings (SSSR count). The Morgan fingerprint density at radius 2 is 1.90 bits per heavy atom. The number of aryl methyl sites for hydroxylation is 1. The Kier molecular flexibility index (Phi) is 4.33. The number of benzene rings is 2. The maximum atomic E-state index is 13.5. The van der Waals surface area contributed by atoms with Crippen LogP contribution in [-0.4, -0.2) is 10.9 Å². The van der Waals surface area contributed by atoms with Gasteiger partial charge in [-0.25, -0.2) is 4.39 Å². The molecule has 108 valence electrons. The number of halogens is 1. The molecule has 1 amide bonds. The Bertz CT molecular complexity index is 728. The number of hydrogen-bond acceptors (Lipinski definition) is 2. The van der Waals surface area contributed by atoms with E-state index >= 15 is 0 Å². The molecular weight excluding hydrogens is 287 g/mol. The molecule has 3 nitrogen and oxygen atoms in total. The van der Waals surface area contributed by atoms with E-state index in [0.29, 0.717) is 11.3 Å². The molecule has 0 aliphatic carbocycles. The van der Waals surface area contributed by atoms with Crippen LogP contribution in [0.4, 0.5) is 10.1 Å². The Balaban J connectivity index is 2.30. The number of rotatable bonds is 3. The van der Waals surface area contributed by atoms with Gasteiger partial charge >= 0.3 is 0 Å².